The highest BCUT2D eigenvalue weighted by Gasteiger charge is 2.42. The predicted molar refractivity (Wildman–Crippen MR) is 139 cm³/mol. The Labute approximate surface area is 220 Å². The van der Waals surface area contributed by atoms with Gasteiger partial charge in [-0.2, -0.15) is 0 Å². The number of carbonyl (C=O) groups is 3. The molecule has 2 aromatic carbocycles. The molecule has 3 atom stereocenters. The van der Waals surface area contributed by atoms with Gasteiger partial charge in [0.25, 0.3) is 0 Å². The van der Waals surface area contributed by atoms with Crippen LogP contribution in [0, 0.1) is 0 Å². The van der Waals surface area contributed by atoms with Crippen molar-refractivity contribution in [1.82, 2.24) is 15.1 Å². The first-order chi connectivity index (χ1) is 17.9. The molecule has 0 aliphatic carbocycles. The van der Waals surface area contributed by atoms with E-state index < -0.39 is 23.3 Å². The normalized spacial score (nSPS) is 20.0. The molecule has 9 nitrogen and oxygen atoms in total. The number of ketones is 1. The zero-order chi connectivity index (χ0) is 26.4. The lowest BCUT2D eigenvalue weighted by atomic mass is 10.1. The van der Waals surface area contributed by atoms with Gasteiger partial charge in [-0.1, -0.05) is 12.1 Å². The number of ether oxygens (including phenoxy) is 2. The summed E-state index contributed by atoms with van der Waals surface area (Å²) in [7, 11) is 3.15. The molecule has 10 heteroatoms. The molecule has 0 unspecified atom stereocenters. The van der Waals surface area contributed by atoms with Gasteiger partial charge in [-0.3, -0.25) is 9.59 Å². The summed E-state index contributed by atoms with van der Waals surface area (Å²) >= 11 is -1.51. The lowest BCUT2D eigenvalue weighted by Crippen LogP contribution is -2.53. The number of methoxy groups -OCH3 is 2. The first kappa shape index (κ1) is 26.8. The summed E-state index contributed by atoms with van der Waals surface area (Å²) in [5.41, 5.74) is 0.922. The van der Waals surface area contributed by atoms with Crippen LogP contribution < -0.4 is 14.8 Å². The maximum Gasteiger partial charge on any atom is 0.318 e. The summed E-state index contributed by atoms with van der Waals surface area (Å²) in [4.78, 5) is 43.2. The van der Waals surface area contributed by atoms with E-state index in [1.807, 2.05) is 24.3 Å². The number of Topliss-reactive ketones (excluding diaryl/α,β-unsaturated/α-hetero) is 1. The first-order valence-corrected chi connectivity index (χ1v) is 13.8. The Kier molecular flexibility index (Phi) is 8.94. The molecule has 0 spiro atoms. The topological polar surface area (TPSA) is 111 Å². The van der Waals surface area contributed by atoms with Crippen molar-refractivity contribution in [3.63, 3.8) is 0 Å². The molecule has 3 amide bonds. The molecular formula is C27H33N3O6S. The van der Waals surface area contributed by atoms with Crippen molar-refractivity contribution in [2.75, 3.05) is 33.1 Å². The first-order valence-electron chi connectivity index (χ1n) is 12.4. The summed E-state index contributed by atoms with van der Waals surface area (Å²) in [6.45, 7) is 1.28. The van der Waals surface area contributed by atoms with Crippen LogP contribution in [0.5, 0.6) is 11.5 Å². The van der Waals surface area contributed by atoms with Gasteiger partial charge in [-0.15, -0.1) is 0 Å². The van der Waals surface area contributed by atoms with Crippen LogP contribution in [0.15, 0.2) is 53.4 Å². The third-order valence-electron chi connectivity index (χ3n) is 6.90. The lowest BCUT2D eigenvalue weighted by Gasteiger charge is -2.31. The number of amides is 3. The monoisotopic (exact) mass is 527 g/mol. The third kappa shape index (κ3) is 6.37. The van der Waals surface area contributed by atoms with Gasteiger partial charge < -0.3 is 29.1 Å². The number of rotatable bonds is 9. The van der Waals surface area contributed by atoms with Crippen LogP contribution in [-0.2, 0) is 27.3 Å². The van der Waals surface area contributed by atoms with E-state index in [9.17, 15) is 18.9 Å². The zero-order valence-electron chi connectivity index (χ0n) is 21.2. The van der Waals surface area contributed by atoms with E-state index in [0.717, 1.165) is 17.7 Å². The molecule has 0 bridgehead atoms. The van der Waals surface area contributed by atoms with Gasteiger partial charge in [0.1, 0.15) is 17.5 Å². The van der Waals surface area contributed by atoms with Crippen molar-refractivity contribution in [1.29, 1.82) is 0 Å². The number of likely N-dealkylation sites (tertiary alicyclic amines) is 2. The Morgan fingerprint density at radius 3 is 2.08 bits per heavy atom. The van der Waals surface area contributed by atoms with Crippen molar-refractivity contribution >= 4 is 28.9 Å². The lowest BCUT2D eigenvalue weighted by molar-refractivity contribution is -0.140. The summed E-state index contributed by atoms with van der Waals surface area (Å²) in [5.74, 6) is 0.811. The van der Waals surface area contributed by atoms with Crippen molar-refractivity contribution in [3.8, 4) is 11.5 Å². The maximum atomic E-state index is 13.5. The second-order valence-corrected chi connectivity index (χ2v) is 10.6. The van der Waals surface area contributed by atoms with Crippen molar-refractivity contribution in [2.45, 2.75) is 49.2 Å². The number of nitrogens with zero attached hydrogens (tertiary/aromatic N) is 2. The number of hydrogen-bond acceptors (Lipinski definition) is 6. The van der Waals surface area contributed by atoms with Gasteiger partial charge in [-0.05, 0) is 78.8 Å². The second-order valence-electron chi connectivity index (χ2n) is 9.18. The van der Waals surface area contributed by atoms with Crippen LogP contribution in [0.2, 0.25) is 0 Å². The van der Waals surface area contributed by atoms with Crippen LogP contribution in [0.4, 0.5) is 4.79 Å². The van der Waals surface area contributed by atoms with Crippen molar-refractivity contribution in [3.05, 3.63) is 54.1 Å². The minimum absolute atomic E-state index is 0.155. The van der Waals surface area contributed by atoms with Crippen LogP contribution in [0.3, 0.4) is 0 Å². The zero-order valence-corrected chi connectivity index (χ0v) is 22.0. The fraction of sp³-hybridized carbons (Fsp3) is 0.444. The SMILES string of the molecule is COc1ccc(CNC(=O)N2CCC[C@H]2C(=O)N2CCC[C@H]2C(=O)C[S@+]([O-])c2ccc(OC)cc2)cc1. The molecule has 0 radical (unpaired) electrons. The summed E-state index contributed by atoms with van der Waals surface area (Å²) in [6.07, 6.45) is 2.53. The molecule has 198 valence electrons. The number of carbonyl (C=O) groups excluding carboxylic acids is 3. The fourth-order valence-corrected chi connectivity index (χ4v) is 5.94. The largest absolute Gasteiger partial charge is 0.611 e. The molecule has 4 rings (SSSR count). The number of urea groups is 1. The fourth-order valence-electron chi connectivity index (χ4n) is 4.88. The Hall–Kier alpha value is -3.24. The minimum Gasteiger partial charge on any atom is -0.611 e. The molecule has 2 aromatic rings. The van der Waals surface area contributed by atoms with Crippen LogP contribution >= 0.6 is 0 Å². The molecule has 2 saturated heterocycles. The summed E-state index contributed by atoms with van der Waals surface area (Å²) in [5, 5.41) is 2.90. The average Bonchev–Trinajstić information content (AvgIpc) is 3.62. The number of benzene rings is 2. The Balaban J connectivity index is 1.35. The third-order valence-corrected chi connectivity index (χ3v) is 8.25. The smallest absolute Gasteiger partial charge is 0.318 e. The van der Waals surface area contributed by atoms with Gasteiger partial charge in [0.2, 0.25) is 11.7 Å². The van der Waals surface area contributed by atoms with E-state index in [2.05, 4.69) is 5.32 Å². The van der Waals surface area contributed by atoms with Gasteiger partial charge in [0.05, 0.1) is 20.3 Å². The number of hydrogen-bond donors (Lipinski definition) is 1. The number of nitrogens with one attached hydrogen (secondary N) is 1. The van der Waals surface area contributed by atoms with Crippen LogP contribution in [0.1, 0.15) is 31.2 Å². The van der Waals surface area contributed by atoms with Gasteiger partial charge in [-0.25, -0.2) is 4.79 Å². The second kappa shape index (κ2) is 12.3. The predicted octanol–water partition coefficient (Wildman–Crippen LogP) is 2.75. The highest BCUT2D eigenvalue weighted by Crippen LogP contribution is 2.26. The van der Waals surface area contributed by atoms with Gasteiger partial charge in [0, 0.05) is 19.6 Å². The van der Waals surface area contributed by atoms with Crippen molar-refractivity contribution < 1.29 is 28.4 Å². The van der Waals surface area contributed by atoms with Crippen LogP contribution in [-0.4, -0.2) is 77.2 Å². The molecule has 2 aliphatic heterocycles. The van der Waals surface area contributed by atoms with Gasteiger partial charge >= 0.3 is 6.03 Å². The Morgan fingerprint density at radius 1 is 0.892 bits per heavy atom. The maximum absolute atomic E-state index is 13.5. The van der Waals surface area contributed by atoms with Crippen LogP contribution in [0.25, 0.3) is 0 Å². The Bertz CT molecular complexity index is 1090. The summed E-state index contributed by atoms with van der Waals surface area (Å²) < 4.78 is 23.1. The molecule has 2 aliphatic rings. The van der Waals surface area contributed by atoms with E-state index in [1.54, 1.807) is 48.3 Å². The molecule has 1 N–H and O–H groups in total. The molecule has 0 aromatic heterocycles. The van der Waals surface area contributed by atoms with E-state index in [-0.39, 0.29) is 23.5 Å². The Morgan fingerprint density at radius 2 is 1.46 bits per heavy atom. The van der Waals surface area contributed by atoms with E-state index >= 15 is 0 Å². The molecule has 0 saturated carbocycles. The molecule has 2 fully saturated rings. The van der Waals surface area contributed by atoms with E-state index in [4.69, 9.17) is 9.47 Å². The standard InChI is InChI=1S/C27H33N3O6S/c1-35-20-9-7-19(8-10-20)17-28-27(33)30-16-4-6-24(30)26(32)29-15-3-5-23(29)25(31)18-37(34)22-13-11-21(36-2)12-14-22/h7-14,23-24H,3-6,15-18H2,1-2H3,(H,28,33)/t23-,24-,37-/m0/s1. The molecule has 37 heavy (non-hydrogen) atoms. The van der Waals surface area contributed by atoms with Gasteiger partial charge in [0.15, 0.2) is 10.6 Å². The average molecular weight is 528 g/mol. The summed E-state index contributed by atoms with van der Waals surface area (Å²) in [6, 6.07) is 12.7. The van der Waals surface area contributed by atoms with Crippen molar-refractivity contribution in [2.24, 2.45) is 0 Å². The van der Waals surface area contributed by atoms with E-state index in [1.165, 1.54) is 0 Å². The minimum atomic E-state index is -1.51. The highest BCUT2D eigenvalue weighted by atomic mass is 32.2. The molecule has 2 heterocycles. The quantitative estimate of drug-likeness (QED) is 0.502. The van der Waals surface area contributed by atoms with E-state index in [0.29, 0.717) is 49.5 Å². The highest BCUT2D eigenvalue weighted by molar-refractivity contribution is 7.92. The molecular weight excluding hydrogens is 494 g/mol.